The molecule has 0 fully saturated rings. The third kappa shape index (κ3) is 5.62. The number of hydrogen-bond donors (Lipinski definition) is 0. The van der Waals surface area contributed by atoms with E-state index in [1.807, 2.05) is 37.3 Å². The van der Waals surface area contributed by atoms with Crippen molar-refractivity contribution in [3.05, 3.63) is 78.6 Å². The van der Waals surface area contributed by atoms with Gasteiger partial charge in [0.05, 0.1) is 5.56 Å². The van der Waals surface area contributed by atoms with Gasteiger partial charge in [0.25, 0.3) is 5.91 Å². The monoisotopic (exact) mass is 468 g/mol. The molecular weight excluding hydrogens is 438 g/mol. The summed E-state index contributed by atoms with van der Waals surface area (Å²) in [5.74, 6) is 0.482. The fourth-order valence-corrected chi connectivity index (χ4v) is 3.66. The minimum absolute atomic E-state index is 0.0250. The van der Waals surface area contributed by atoms with Crippen molar-refractivity contribution in [2.75, 3.05) is 25.5 Å². The summed E-state index contributed by atoms with van der Waals surface area (Å²) >= 11 is 0. The van der Waals surface area contributed by atoms with Crippen LogP contribution in [-0.4, -0.2) is 47.1 Å². The van der Waals surface area contributed by atoms with Crippen LogP contribution in [0.1, 0.15) is 36.3 Å². The Balaban J connectivity index is 2.30. The summed E-state index contributed by atoms with van der Waals surface area (Å²) < 4.78 is 34.3. The van der Waals surface area contributed by atoms with Crippen LogP contribution in [0.25, 0.3) is 11.4 Å². The Morgan fingerprint density at radius 2 is 1.79 bits per heavy atom. The van der Waals surface area contributed by atoms with Crippen LogP contribution >= 0.6 is 0 Å². The van der Waals surface area contributed by atoms with Gasteiger partial charge in [-0.25, -0.2) is 4.98 Å². The number of anilines is 1. The summed E-state index contributed by atoms with van der Waals surface area (Å²) in [7, 11) is 3.48. The molecule has 0 bridgehead atoms. The molecule has 8 heteroatoms. The second-order valence-electron chi connectivity index (χ2n) is 8.11. The van der Waals surface area contributed by atoms with E-state index in [1.165, 1.54) is 6.07 Å². The standard InChI is InChI=1S/C26H30F2N4O2/c1-6-17-31(5)25(33)22-24(30(4)7-2)29-23(32(22)18-19-13-9-8-10-14-19)20-15-11-12-16-21(20)34-26(3,27)28/h7-16H,2,6,17-18H2,1,3-5H3. The van der Waals surface area contributed by atoms with Gasteiger partial charge in [0.2, 0.25) is 0 Å². The van der Waals surface area contributed by atoms with Crippen LogP contribution in [0.15, 0.2) is 67.4 Å². The minimum atomic E-state index is -3.38. The first kappa shape index (κ1) is 25.0. The molecule has 0 N–H and O–H groups in total. The second kappa shape index (κ2) is 10.5. The van der Waals surface area contributed by atoms with Gasteiger partial charge in [-0.15, -0.1) is 0 Å². The summed E-state index contributed by atoms with van der Waals surface area (Å²) in [5.41, 5.74) is 1.63. The number of imidazole rings is 1. The molecule has 2 aromatic carbocycles. The van der Waals surface area contributed by atoms with E-state index in [0.29, 0.717) is 42.9 Å². The Morgan fingerprint density at radius 3 is 2.41 bits per heavy atom. The van der Waals surface area contributed by atoms with Crippen molar-refractivity contribution in [2.45, 2.75) is 32.9 Å². The van der Waals surface area contributed by atoms with Crippen LogP contribution in [0, 0.1) is 0 Å². The predicted octanol–water partition coefficient (Wildman–Crippen LogP) is 5.65. The van der Waals surface area contributed by atoms with Gasteiger partial charge in [0.1, 0.15) is 11.6 Å². The van der Waals surface area contributed by atoms with E-state index in [1.54, 1.807) is 52.9 Å². The third-order valence-corrected chi connectivity index (χ3v) is 5.27. The van der Waals surface area contributed by atoms with Crippen molar-refractivity contribution < 1.29 is 18.3 Å². The molecule has 1 aromatic heterocycles. The number of nitrogens with zero attached hydrogens (tertiary/aromatic N) is 4. The molecule has 3 rings (SSSR count). The normalized spacial score (nSPS) is 11.2. The van der Waals surface area contributed by atoms with Crippen LogP contribution in [0.2, 0.25) is 0 Å². The van der Waals surface area contributed by atoms with Gasteiger partial charge >= 0.3 is 6.11 Å². The van der Waals surface area contributed by atoms with E-state index >= 15 is 0 Å². The summed E-state index contributed by atoms with van der Waals surface area (Å²) in [5, 5.41) is 0. The highest BCUT2D eigenvalue weighted by atomic mass is 19.3. The van der Waals surface area contributed by atoms with Gasteiger partial charge in [0.15, 0.2) is 11.5 Å². The van der Waals surface area contributed by atoms with Crippen LogP contribution in [-0.2, 0) is 6.54 Å². The van der Waals surface area contributed by atoms with Gasteiger partial charge in [-0.1, -0.05) is 56.0 Å². The van der Waals surface area contributed by atoms with Gasteiger partial charge in [-0.3, -0.25) is 4.79 Å². The molecule has 0 aliphatic heterocycles. The zero-order valence-electron chi connectivity index (χ0n) is 20.0. The largest absolute Gasteiger partial charge is 0.432 e. The SMILES string of the molecule is C=CN(C)c1nc(-c2ccccc2OC(C)(F)F)n(Cc2ccccc2)c1C(=O)N(C)CCC. The Bertz CT molecular complexity index is 1140. The van der Waals surface area contributed by atoms with Crippen molar-refractivity contribution in [1.29, 1.82) is 0 Å². The number of hydrogen-bond acceptors (Lipinski definition) is 4. The van der Waals surface area contributed by atoms with Crippen molar-refractivity contribution in [1.82, 2.24) is 14.5 Å². The van der Waals surface area contributed by atoms with E-state index in [4.69, 9.17) is 9.72 Å². The minimum Gasteiger partial charge on any atom is -0.432 e. The maximum atomic E-state index is 13.8. The third-order valence-electron chi connectivity index (χ3n) is 5.27. The van der Waals surface area contributed by atoms with E-state index in [9.17, 15) is 13.6 Å². The Hall–Kier alpha value is -3.68. The van der Waals surface area contributed by atoms with Crippen LogP contribution in [0.5, 0.6) is 5.75 Å². The van der Waals surface area contributed by atoms with E-state index in [-0.39, 0.29) is 11.7 Å². The average molecular weight is 469 g/mol. The molecule has 6 nitrogen and oxygen atoms in total. The number of halogens is 2. The van der Waals surface area contributed by atoms with Gasteiger partial charge in [-0.05, 0) is 30.3 Å². The molecule has 0 unspecified atom stereocenters. The van der Waals surface area contributed by atoms with Crippen molar-refractivity contribution >= 4 is 11.7 Å². The summed E-state index contributed by atoms with van der Waals surface area (Å²) in [6.07, 6.45) is -1.04. The molecule has 0 atom stereocenters. The Kier molecular flexibility index (Phi) is 7.71. The number of alkyl halides is 2. The first-order chi connectivity index (χ1) is 16.2. The van der Waals surface area contributed by atoms with Crippen LogP contribution in [0.3, 0.4) is 0 Å². The molecule has 1 heterocycles. The van der Waals surface area contributed by atoms with Crippen molar-refractivity contribution in [3.63, 3.8) is 0 Å². The molecule has 0 radical (unpaired) electrons. The number of carbonyl (C=O) groups is 1. The second-order valence-corrected chi connectivity index (χ2v) is 8.11. The highest BCUT2D eigenvalue weighted by molar-refractivity contribution is 5.98. The van der Waals surface area contributed by atoms with E-state index in [2.05, 4.69) is 6.58 Å². The molecule has 34 heavy (non-hydrogen) atoms. The molecule has 1 amide bonds. The topological polar surface area (TPSA) is 50.6 Å². The van der Waals surface area contributed by atoms with Gasteiger partial charge in [0, 0.05) is 34.1 Å². The molecule has 0 aliphatic carbocycles. The highest BCUT2D eigenvalue weighted by Crippen LogP contribution is 2.36. The smallest absolute Gasteiger partial charge is 0.394 e. The number of para-hydroxylation sites is 1. The lowest BCUT2D eigenvalue weighted by Gasteiger charge is -2.21. The number of benzene rings is 2. The fraction of sp³-hybridized carbons (Fsp3) is 0.308. The first-order valence-corrected chi connectivity index (χ1v) is 11.1. The highest BCUT2D eigenvalue weighted by Gasteiger charge is 2.30. The van der Waals surface area contributed by atoms with Crippen LogP contribution in [0.4, 0.5) is 14.6 Å². The number of aromatic nitrogens is 2. The zero-order valence-corrected chi connectivity index (χ0v) is 20.0. The fourth-order valence-electron chi connectivity index (χ4n) is 3.66. The maximum absolute atomic E-state index is 13.8. The predicted molar refractivity (Wildman–Crippen MR) is 130 cm³/mol. The summed E-state index contributed by atoms with van der Waals surface area (Å²) in [4.78, 5) is 21.6. The maximum Gasteiger partial charge on any atom is 0.394 e. The van der Waals surface area contributed by atoms with Gasteiger partial charge < -0.3 is 19.1 Å². The molecule has 0 saturated heterocycles. The molecule has 180 valence electrons. The molecular formula is C26H30F2N4O2. The summed E-state index contributed by atoms with van der Waals surface area (Å²) in [6, 6.07) is 16.1. The van der Waals surface area contributed by atoms with E-state index < -0.39 is 6.11 Å². The van der Waals surface area contributed by atoms with Crippen molar-refractivity contribution in [3.8, 4) is 17.1 Å². The van der Waals surface area contributed by atoms with Crippen molar-refractivity contribution in [2.24, 2.45) is 0 Å². The molecule has 3 aromatic rings. The zero-order chi connectivity index (χ0) is 24.9. The number of carbonyl (C=O) groups excluding carboxylic acids is 1. The lowest BCUT2D eigenvalue weighted by Crippen LogP contribution is -2.31. The molecule has 0 saturated carbocycles. The lowest BCUT2D eigenvalue weighted by molar-refractivity contribution is -0.158. The quantitative estimate of drug-likeness (QED) is 0.386. The average Bonchev–Trinajstić information content (AvgIpc) is 3.17. The number of ether oxygens (including phenoxy) is 1. The van der Waals surface area contributed by atoms with Gasteiger partial charge in [-0.2, -0.15) is 8.78 Å². The molecule has 0 spiro atoms. The number of rotatable bonds is 10. The van der Waals surface area contributed by atoms with E-state index in [0.717, 1.165) is 12.0 Å². The number of amides is 1. The Morgan fingerprint density at radius 1 is 1.15 bits per heavy atom. The summed E-state index contributed by atoms with van der Waals surface area (Å²) in [6.45, 7) is 7.36. The Labute approximate surface area is 199 Å². The lowest BCUT2D eigenvalue weighted by atomic mass is 10.1. The first-order valence-electron chi connectivity index (χ1n) is 11.1. The van der Waals surface area contributed by atoms with Crippen LogP contribution < -0.4 is 9.64 Å². The molecule has 0 aliphatic rings.